The van der Waals surface area contributed by atoms with Crippen molar-refractivity contribution >= 4 is 15.9 Å². The fourth-order valence-electron chi connectivity index (χ4n) is 1.44. The molecule has 1 unspecified atom stereocenters. The van der Waals surface area contributed by atoms with Crippen molar-refractivity contribution in [2.75, 3.05) is 0 Å². The van der Waals surface area contributed by atoms with Gasteiger partial charge in [0.15, 0.2) is 0 Å². The normalized spacial score (nSPS) is 11.7. The van der Waals surface area contributed by atoms with Gasteiger partial charge in [0.05, 0.1) is 6.04 Å². The van der Waals surface area contributed by atoms with Crippen LogP contribution in [-0.2, 0) is 0 Å². The highest BCUT2D eigenvalue weighted by molar-refractivity contribution is 9.10. The molecule has 1 rings (SSSR count). The molecule has 0 spiro atoms. The summed E-state index contributed by atoms with van der Waals surface area (Å²) in [5, 5.41) is 0. The molecule has 0 radical (unpaired) electrons. The minimum Gasteiger partial charge on any atom is -0.271 e. The summed E-state index contributed by atoms with van der Waals surface area (Å²) in [5.74, 6) is 11.4. The molecule has 3 heteroatoms. The summed E-state index contributed by atoms with van der Waals surface area (Å²) in [5.41, 5.74) is 5.16. The highest BCUT2D eigenvalue weighted by Gasteiger charge is 2.08. The van der Waals surface area contributed by atoms with Gasteiger partial charge < -0.3 is 0 Å². The molecule has 0 fully saturated rings. The van der Waals surface area contributed by atoms with E-state index in [1.165, 1.54) is 5.56 Å². The van der Waals surface area contributed by atoms with Crippen LogP contribution in [0.15, 0.2) is 22.7 Å². The van der Waals surface area contributed by atoms with Crippen LogP contribution in [0.2, 0.25) is 0 Å². The van der Waals surface area contributed by atoms with Gasteiger partial charge in [0.25, 0.3) is 0 Å². The third-order valence-corrected chi connectivity index (χ3v) is 2.61. The van der Waals surface area contributed by atoms with Gasteiger partial charge >= 0.3 is 0 Å². The molecule has 3 N–H and O–H groups in total. The molecule has 1 aromatic rings. The van der Waals surface area contributed by atoms with Gasteiger partial charge in [-0.15, -0.1) is 11.8 Å². The molecule has 0 amide bonds. The van der Waals surface area contributed by atoms with Crippen molar-refractivity contribution in [2.24, 2.45) is 5.84 Å². The molecule has 2 nitrogen and oxygen atoms in total. The fourth-order valence-corrected chi connectivity index (χ4v) is 2.07. The first kappa shape index (κ1) is 12.3. The lowest BCUT2D eigenvalue weighted by Gasteiger charge is -2.14. The van der Waals surface area contributed by atoms with Crippen molar-refractivity contribution in [2.45, 2.75) is 26.3 Å². The largest absolute Gasteiger partial charge is 0.271 e. The van der Waals surface area contributed by atoms with Gasteiger partial charge in [-0.25, -0.2) is 0 Å². The lowest BCUT2D eigenvalue weighted by Crippen LogP contribution is -2.27. The average Bonchev–Trinajstić information content (AvgIpc) is 2.17. The van der Waals surface area contributed by atoms with Crippen LogP contribution in [0.1, 0.15) is 30.5 Å². The predicted molar refractivity (Wildman–Crippen MR) is 67.0 cm³/mol. The molecule has 0 heterocycles. The predicted octanol–water partition coefficient (Wildman–Crippen LogP) is 2.68. The smallest absolute Gasteiger partial charge is 0.0569 e. The van der Waals surface area contributed by atoms with E-state index in [-0.39, 0.29) is 6.04 Å². The Morgan fingerprint density at radius 2 is 2.20 bits per heavy atom. The zero-order chi connectivity index (χ0) is 11.3. The van der Waals surface area contributed by atoms with Crippen molar-refractivity contribution in [3.05, 3.63) is 33.8 Å². The van der Waals surface area contributed by atoms with Crippen LogP contribution in [0.25, 0.3) is 0 Å². The third-order valence-electron chi connectivity index (χ3n) is 2.15. The van der Waals surface area contributed by atoms with E-state index >= 15 is 0 Å². The van der Waals surface area contributed by atoms with Crippen LogP contribution >= 0.6 is 15.9 Å². The van der Waals surface area contributed by atoms with Gasteiger partial charge in [0.2, 0.25) is 0 Å². The van der Waals surface area contributed by atoms with Crippen molar-refractivity contribution in [1.82, 2.24) is 5.43 Å². The summed E-state index contributed by atoms with van der Waals surface area (Å²) in [6, 6.07) is 6.35. The van der Waals surface area contributed by atoms with Crippen LogP contribution in [0.3, 0.4) is 0 Å². The number of hydrogen-bond donors (Lipinski definition) is 2. The molecule has 1 atom stereocenters. The van der Waals surface area contributed by atoms with E-state index in [9.17, 15) is 0 Å². The second-order valence-electron chi connectivity index (χ2n) is 3.41. The summed E-state index contributed by atoms with van der Waals surface area (Å²) in [6.07, 6.45) is 0.725. The highest BCUT2D eigenvalue weighted by Crippen LogP contribution is 2.22. The Bertz CT molecular complexity index is 370. The summed E-state index contributed by atoms with van der Waals surface area (Å²) < 4.78 is 1.07. The number of hydrazine groups is 1. The maximum Gasteiger partial charge on any atom is 0.0569 e. The fraction of sp³-hybridized carbons (Fsp3) is 0.333. The second-order valence-corrected chi connectivity index (χ2v) is 4.33. The molecule has 15 heavy (non-hydrogen) atoms. The Hall–Kier alpha value is -0.820. The first-order chi connectivity index (χ1) is 7.17. The Morgan fingerprint density at radius 1 is 1.47 bits per heavy atom. The molecule has 0 aliphatic heterocycles. The monoisotopic (exact) mass is 266 g/mol. The van der Waals surface area contributed by atoms with E-state index in [4.69, 9.17) is 5.84 Å². The van der Waals surface area contributed by atoms with Crippen molar-refractivity contribution in [3.63, 3.8) is 0 Å². The lowest BCUT2D eigenvalue weighted by atomic mass is 10.0. The molecule has 0 bridgehead atoms. The molecule has 0 aliphatic carbocycles. The standard InChI is InChI=1S/C12H15BrN2/c1-3-4-5-12(15-14)10-6-9(2)7-11(13)8-10/h6-8,12,15H,5,14H2,1-2H3. The Balaban J connectivity index is 2.93. The zero-order valence-electron chi connectivity index (χ0n) is 8.97. The molecule has 0 aromatic heterocycles. The minimum absolute atomic E-state index is 0.0913. The van der Waals surface area contributed by atoms with E-state index in [2.05, 4.69) is 58.3 Å². The number of hydrogen-bond acceptors (Lipinski definition) is 2. The maximum absolute atomic E-state index is 5.51. The van der Waals surface area contributed by atoms with Crippen LogP contribution in [0.5, 0.6) is 0 Å². The Labute approximate surface area is 99.3 Å². The van der Waals surface area contributed by atoms with E-state index in [0.29, 0.717) is 0 Å². The summed E-state index contributed by atoms with van der Waals surface area (Å²) >= 11 is 3.47. The SMILES string of the molecule is CC#CCC(NN)c1cc(C)cc(Br)c1. The first-order valence-corrected chi connectivity index (χ1v) is 5.59. The van der Waals surface area contributed by atoms with Crippen LogP contribution < -0.4 is 11.3 Å². The maximum atomic E-state index is 5.51. The molecule has 0 saturated carbocycles. The first-order valence-electron chi connectivity index (χ1n) is 4.80. The van der Waals surface area contributed by atoms with Gasteiger partial charge in [-0.3, -0.25) is 11.3 Å². The Morgan fingerprint density at radius 3 is 2.73 bits per heavy atom. The second kappa shape index (κ2) is 5.92. The van der Waals surface area contributed by atoms with E-state index in [0.717, 1.165) is 16.5 Å². The summed E-state index contributed by atoms with van der Waals surface area (Å²) in [4.78, 5) is 0. The van der Waals surface area contributed by atoms with Gasteiger partial charge in [-0.2, -0.15) is 0 Å². The molecule has 0 aliphatic rings. The van der Waals surface area contributed by atoms with Gasteiger partial charge in [-0.1, -0.05) is 22.0 Å². The molecule has 80 valence electrons. The molecule has 0 saturated heterocycles. The number of benzene rings is 1. The number of rotatable bonds is 3. The van der Waals surface area contributed by atoms with Gasteiger partial charge in [0, 0.05) is 10.9 Å². The van der Waals surface area contributed by atoms with Crippen molar-refractivity contribution in [3.8, 4) is 11.8 Å². The number of aryl methyl sites for hydroxylation is 1. The molecule has 1 aromatic carbocycles. The molecular weight excluding hydrogens is 252 g/mol. The van der Waals surface area contributed by atoms with Crippen molar-refractivity contribution in [1.29, 1.82) is 0 Å². The summed E-state index contributed by atoms with van der Waals surface area (Å²) in [6.45, 7) is 3.90. The topological polar surface area (TPSA) is 38.0 Å². The van der Waals surface area contributed by atoms with E-state index in [1.54, 1.807) is 0 Å². The lowest BCUT2D eigenvalue weighted by molar-refractivity contribution is 0.567. The van der Waals surface area contributed by atoms with E-state index < -0.39 is 0 Å². The molecular formula is C12H15BrN2. The summed E-state index contributed by atoms with van der Waals surface area (Å²) in [7, 11) is 0. The Kier molecular flexibility index (Phi) is 4.83. The van der Waals surface area contributed by atoms with Crippen LogP contribution in [0.4, 0.5) is 0 Å². The average molecular weight is 267 g/mol. The number of nitrogens with one attached hydrogen (secondary N) is 1. The van der Waals surface area contributed by atoms with Crippen LogP contribution in [0, 0.1) is 18.8 Å². The van der Waals surface area contributed by atoms with Gasteiger partial charge in [-0.05, 0) is 37.1 Å². The third kappa shape index (κ3) is 3.67. The number of nitrogens with two attached hydrogens (primary N) is 1. The zero-order valence-corrected chi connectivity index (χ0v) is 10.6. The van der Waals surface area contributed by atoms with Gasteiger partial charge in [0.1, 0.15) is 0 Å². The van der Waals surface area contributed by atoms with Crippen molar-refractivity contribution < 1.29 is 0 Å². The highest BCUT2D eigenvalue weighted by atomic mass is 79.9. The minimum atomic E-state index is 0.0913. The van der Waals surface area contributed by atoms with Crippen LogP contribution in [-0.4, -0.2) is 0 Å². The van der Waals surface area contributed by atoms with E-state index in [1.807, 2.05) is 6.92 Å². The quantitative estimate of drug-likeness (QED) is 0.502. The number of halogens is 1.